The van der Waals surface area contributed by atoms with Crippen molar-refractivity contribution in [2.75, 3.05) is 31.1 Å². The smallest absolute Gasteiger partial charge is 0.269 e. The second kappa shape index (κ2) is 7.78. The molecule has 144 valence electrons. The van der Waals surface area contributed by atoms with Gasteiger partial charge in [0.1, 0.15) is 0 Å². The molecule has 2 saturated heterocycles. The van der Waals surface area contributed by atoms with Crippen molar-refractivity contribution < 1.29 is 5.11 Å². The van der Waals surface area contributed by atoms with E-state index in [-0.39, 0.29) is 23.7 Å². The first-order valence-electron chi connectivity index (χ1n) is 9.78. The van der Waals surface area contributed by atoms with Crippen LogP contribution in [0.1, 0.15) is 44.0 Å². The molecule has 2 aliphatic heterocycles. The molecule has 3 atom stereocenters. The minimum Gasteiger partial charge on any atom is -0.391 e. The van der Waals surface area contributed by atoms with Gasteiger partial charge >= 0.3 is 0 Å². The van der Waals surface area contributed by atoms with E-state index in [0.717, 1.165) is 50.3 Å². The van der Waals surface area contributed by atoms with Crippen LogP contribution in [0.4, 0.5) is 5.69 Å². The standard InChI is InChI=1S/C20H27N5O2/c1-15(19-6-2-3-8-21-19)23-9-4-5-16(13-23)25-20(27)11-17(12-22-25)24-10-7-18(26)14-24/h2-3,6,8,11-12,15-16,18,26H,4-5,7,9-10,13-14H2,1H3/t15-,16+,18-/m0/s1. The van der Waals surface area contributed by atoms with Crippen molar-refractivity contribution in [2.24, 2.45) is 0 Å². The molecule has 0 unspecified atom stereocenters. The Bertz CT molecular complexity index is 825. The molecule has 0 amide bonds. The Balaban J connectivity index is 1.49. The van der Waals surface area contributed by atoms with Gasteiger partial charge in [0.05, 0.1) is 29.7 Å². The number of likely N-dealkylation sites (tertiary alicyclic amines) is 1. The Labute approximate surface area is 159 Å². The molecule has 0 spiro atoms. The topological polar surface area (TPSA) is 74.5 Å². The SMILES string of the molecule is C[C@@H](c1ccccn1)N1CCC[C@@H](n2ncc(N3CC[C@H](O)C3)cc2=O)C1. The lowest BCUT2D eigenvalue weighted by molar-refractivity contribution is 0.125. The van der Waals surface area contributed by atoms with E-state index in [9.17, 15) is 9.90 Å². The number of β-amino-alcohol motifs (C(OH)–C–C–N with tert-alkyl or cyclic N) is 1. The van der Waals surface area contributed by atoms with Crippen LogP contribution in [-0.2, 0) is 0 Å². The summed E-state index contributed by atoms with van der Waals surface area (Å²) in [4.78, 5) is 21.6. The fourth-order valence-corrected chi connectivity index (χ4v) is 4.18. The van der Waals surface area contributed by atoms with Gasteiger partial charge in [0.15, 0.2) is 0 Å². The normalized spacial score (nSPS) is 24.9. The Morgan fingerprint density at radius 3 is 2.81 bits per heavy atom. The number of pyridine rings is 1. The summed E-state index contributed by atoms with van der Waals surface area (Å²) < 4.78 is 1.63. The molecule has 0 aromatic carbocycles. The van der Waals surface area contributed by atoms with Gasteiger partial charge in [0.2, 0.25) is 0 Å². The molecule has 0 radical (unpaired) electrons. The van der Waals surface area contributed by atoms with Gasteiger partial charge in [0.25, 0.3) is 5.56 Å². The average molecular weight is 369 g/mol. The lowest BCUT2D eigenvalue weighted by Gasteiger charge is -2.36. The van der Waals surface area contributed by atoms with Gasteiger partial charge in [-0.3, -0.25) is 14.7 Å². The van der Waals surface area contributed by atoms with Crippen molar-refractivity contribution >= 4 is 5.69 Å². The third-order valence-corrected chi connectivity index (χ3v) is 5.78. The summed E-state index contributed by atoms with van der Waals surface area (Å²) in [5, 5.41) is 14.2. The predicted octanol–water partition coefficient (Wildman–Crippen LogP) is 1.61. The molecular formula is C20H27N5O2. The van der Waals surface area contributed by atoms with E-state index in [1.165, 1.54) is 0 Å². The van der Waals surface area contributed by atoms with Gasteiger partial charge in [0, 0.05) is 37.9 Å². The van der Waals surface area contributed by atoms with E-state index >= 15 is 0 Å². The number of anilines is 1. The minimum atomic E-state index is -0.313. The lowest BCUT2D eigenvalue weighted by Crippen LogP contribution is -2.42. The number of hydrogen-bond donors (Lipinski definition) is 1. The largest absolute Gasteiger partial charge is 0.391 e. The second-order valence-corrected chi connectivity index (χ2v) is 7.61. The molecule has 4 rings (SSSR count). The molecule has 1 N–H and O–H groups in total. The monoisotopic (exact) mass is 369 g/mol. The van der Waals surface area contributed by atoms with Crippen LogP contribution >= 0.6 is 0 Å². The number of nitrogens with zero attached hydrogens (tertiary/aromatic N) is 5. The van der Waals surface area contributed by atoms with Crippen LogP contribution in [0.25, 0.3) is 0 Å². The third-order valence-electron chi connectivity index (χ3n) is 5.78. The molecule has 4 heterocycles. The molecule has 7 nitrogen and oxygen atoms in total. The van der Waals surface area contributed by atoms with Gasteiger partial charge in [-0.15, -0.1) is 0 Å². The van der Waals surface area contributed by atoms with Gasteiger partial charge in [-0.1, -0.05) is 6.07 Å². The van der Waals surface area contributed by atoms with Crippen LogP contribution in [0.2, 0.25) is 0 Å². The van der Waals surface area contributed by atoms with E-state index in [4.69, 9.17) is 0 Å². The zero-order valence-electron chi connectivity index (χ0n) is 15.7. The fraction of sp³-hybridized carbons (Fsp3) is 0.550. The van der Waals surface area contributed by atoms with Gasteiger partial charge in [-0.2, -0.15) is 5.10 Å². The highest BCUT2D eigenvalue weighted by Gasteiger charge is 2.28. The lowest BCUT2D eigenvalue weighted by atomic mass is 10.0. The quantitative estimate of drug-likeness (QED) is 0.883. The maximum absolute atomic E-state index is 12.7. The number of hydrogen-bond acceptors (Lipinski definition) is 6. The van der Waals surface area contributed by atoms with Crippen molar-refractivity contribution in [1.29, 1.82) is 0 Å². The summed E-state index contributed by atoms with van der Waals surface area (Å²) in [5.41, 5.74) is 1.80. The van der Waals surface area contributed by atoms with E-state index in [0.29, 0.717) is 6.54 Å². The Morgan fingerprint density at radius 1 is 1.22 bits per heavy atom. The van der Waals surface area contributed by atoms with Crippen molar-refractivity contribution in [3.05, 3.63) is 52.7 Å². The highest BCUT2D eigenvalue weighted by molar-refractivity contribution is 5.44. The van der Waals surface area contributed by atoms with Crippen LogP contribution in [0.15, 0.2) is 41.5 Å². The predicted molar refractivity (Wildman–Crippen MR) is 104 cm³/mol. The van der Waals surface area contributed by atoms with Crippen LogP contribution in [-0.4, -0.2) is 57.1 Å². The van der Waals surface area contributed by atoms with Gasteiger partial charge < -0.3 is 10.0 Å². The third kappa shape index (κ3) is 3.89. The summed E-state index contributed by atoms with van der Waals surface area (Å²) in [7, 11) is 0. The zero-order chi connectivity index (χ0) is 18.8. The van der Waals surface area contributed by atoms with E-state index in [1.807, 2.05) is 23.2 Å². The van der Waals surface area contributed by atoms with Gasteiger partial charge in [-0.25, -0.2) is 4.68 Å². The summed E-state index contributed by atoms with van der Waals surface area (Å²) in [6.45, 7) is 5.32. The molecule has 0 saturated carbocycles. The van der Waals surface area contributed by atoms with Crippen molar-refractivity contribution in [1.82, 2.24) is 19.7 Å². The number of rotatable bonds is 4. The van der Waals surface area contributed by atoms with Crippen LogP contribution in [0.3, 0.4) is 0 Å². The number of aromatic nitrogens is 3. The molecule has 0 aliphatic carbocycles. The molecular weight excluding hydrogens is 342 g/mol. The summed E-state index contributed by atoms with van der Waals surface area (Å²) in [6, 6.07) is 7.95. The Morgan fingerprint density at radius 2 is 2.11 bits per heavy atom. The fourth-order valence-electron chi connectivity index (χ4n) is 4.18. The number of piperidine rings is 1. The van der Waals surface area contributed by atoms with E-state index < -0.39 is 0 Å². The molecule has 2 aromatic heterocycles. The van der Waals surface area contributed by atoms with Crippen LogP contribution in [0, 0.1) is 0 Å². The van der Waals surface area contributed by atoms with Crippen LogP contribution in [0.5, 0.6) is 0 Å². The summed E-state index contributed by atoms with van der Waals surface area (Å²) >= 11 is 0. The van der Waals surface area contributed by atoms with Crippen molar-refractivity contribution in [3.8, 4) is 0 Å². The molecule has 2 aliphatic rings. The van der Waals surface area contributed by atoms with E-state index in [2.05, 4.69) is 28.0 Å². The average Bonchev–Trinajstić information content (AvgIpc) is 3.14. The highest BCUT2D eigenvalue weighted by Crippen LogP contribution is 2.27. The Hall–Kier alpha value is -2.25. The first-order chi connectivity index (χ1) is 13.1. The van der Waals surface area contributed by atoms with Crippen LogP contribution < -0.4 is 10.5 Å². The maximum atomic E-state index is 12.7. The summed E-state index contributed by atoms with van der Waals surface area (Å²) in [6.07, 6.45) is 6.02. The van der Waals surface area contributed by atoms with Gasteiger partial charge in [-0.05, 0) is 44.9 Å². The van der Waals surface area contributed by atoms with Crippen molar-refractivity contribution in [2.45, 2.75) is 44.4 Å². The number of aliphatic hydroxyl groups excluding tert-OH is 1. The van der Waals surface area contributed by atoms with E-state index in [1.54, 1.807) is 16.9 Å². The van der Waals surface area contributed by atoms with Crippen molar-refractivity contribution in [3.63, 3.8) is 0 Å². The summed E-state index contributed by atoms with van der Waals surface area (Å²) in [5.74, 6) is 0. The molecule has 2 fully saturated rings. The first-order valence-corrected chi connectivity index (χ1v) is 9.78. The first kappa shape index (κ1) is 18.1. The number of aliphatic hydroxyl groups is 1. The zero-order valence-corrected chi connectivity index (χ0v) is 15.7. The minimum absolute atomic E-state index is 0.0637. The Kier molecular flexibility index (Phi) is 5.22. The highest BCUT2D eigenvalue weighted by atomic mass is 16.3. The second-order valence-electron chi connectivity index (χ2n) is 7.61. The molecule has 0 bridgehead atoms. The molecule has 27 heavy (non-hydrogen) atoms. The molecule has 2 aromatic rings. The molecule has 7 heteroatoms. The maximum Gasteiger partial charge on any atom is 0.269 e.